The molecule has 20 heavy (non-hydrogen) atoms. The number of anilines is 1. The van der Waals surface area contributed by atoms with Gasteiger partial charge in [0.2, 0.25) is 5.91 Å². The summed E-state index contributed by atoms with van der Waals surface area (Å²) < 4.78 is 0. The molecule has 0 heterocycles. The first-order valence-electron chi connectivity index (χ1n) is 6.74. The predicted molar refractivity (Wildman–Crippen MR) is 74.7 cm³/mol. The minimum absolute atomic E-state index is 0.0275. The van der Waals surface area contributed by atoms with Crippen molar-refractivity contribution in [3.05, 3.63) is 24.3 Å². The summed E-state index contributed by atoms with van der Waals surface area (Å²) in [6, 6.07) is 6.27. The van der Waals surface area contributed by atoms with Crippen LogP contribution in [-0.2, 0) is 9.59 Å². The number of benzene rings is 1. The van der Waals surface area contributed by atoms with Gasteiger partial charge in [0.05, 0.1) is 5.41 Å². The fourth-order valence-electron chi connectivity index (χ4n) is 2.75. The first-order chi connectivity index (χ1) is 9.44. The van der Waals surface area contributed by atoms with Gasteiger partial charge >= 0.3 is 5.97 Å². The van der Waals surface area contributed by atoms with Crippen LogP contribution in [0.25, 0.3) is 0 Å². The van der Waals surface area contributed by atoms with E-state index >= 15 is 0 Å². The summed E-state index contributed by atoms with van der Waals surface area (Å²) in [5.74, 6) is -0.949. The van der Waals surface area contributed by atoms with Gasteiger partial charge in [0.15, 0.2) is 0 Å². The van der Waals surface area contributed by atoms with Gasteiger partial charge in [-0.15, -0.1) is 0 Å². The highest BCUT2D eigenvalue weighted by atomic mass is 16.4. The Morgan fingerprint density at radius 3 is 2.25 bits per heavy atom. The monoisotopic (exact) mass is 277 g/mol. The predicted octanol–water partition coefficient (Wildman–Crippen LogP) is 2.39. The number of carboxylic acids is 1. The van der Waals surface area contributed by atoms with E-state index in [2.05, 4.69) is 0 Å². The lowest BCUT2D eigenvalue weighted by Crippen LogP contribution is -2.36. The summed E-state index contributed by atoms with van der Waals surface area (Å²) >= 11 is 0. The number of carboxylic acid groups (broad SMARTS) is 1. The number of carbonyl (C=O) groups is 2. The second-order valence-electron chi connectivity index (χ2n) is 5.44. The third-order valence-electron chi connectivity index (χ3n) is 4.12. The minimum Gasteiger partial charge on any atom is -0.508 e. The third kappa shape index (κ3) is 2.76. The van der Waals surface area contributed by atoms with Gasteiger partial charge in [0, 0.05) is 19.2 Å². The average Bonchev–Trinajstić information content (AvgIpc) is 2.88. The van der Waals surface area contributed by atoms with Crippen LogP contribution in [0.1, 0.15) is 32.1 Å². The first-order valence-corrected chi connectivity index (χ1v) is 6.74. The van der Waals surface area contributed by atoms with Crippen LogP contribution in [0.4, 0.5) is 5.69 Å². The Bertz CT molecular complexity index is 503. The molecule has 0 bridgehead atoms. The number of hydrogen-bond acceptors (Lipinski definition) is 3. The van der Waals surface area contributed by atoms with Crippen LogP contribution < -0.4 is 4.90 Å². The van der Waals surface area contributed by atoms with Crippen LogP contribution in [0, 0.1) is 5.41 Å². The molecule has 1 aliphatic rings. The van der Waals surface area contributed by atoms with E-state index in [-0.39, 0.29) is 18.1 Å². The van der Waals surface area contributed by atoms with Crippen LogP contribution >= 0.6 is 0 Å². The summed E-state index contributed by atoms with van der Waals surface area (Å²) in [5, 5.41) is 18.6. The fraction of sp³-hybridized carbons (Fsp3) is 0.467. The number of aliphatic carboxylic acids is 1. The zero-order valence-corrected chi connectivity index (χ0v) is 11.5. The van der Waals surface area contributed by atoms with E-state index in [1.807, 2.05) is 0 Å². The molecule has 0 radical (unpaired) electrons. The topological polar surface area (TPSA) is 77.8 Å². The van der Waals surface area contributed by atoms with Crippen molar-refractivity contribution in [1.29, 1.82) is 0 Å². The van der Waals surface area contributed by atoms with Crippen molar-refractivity contribution in [3.8, 4) is 5.75 Å². The molecule has 1 saturated carbocycles. The maximum absolute atomic E-state index is 12.3. The van der Waals surface area contributed by atoms with Crippen LogP contribution in [0.5, 0.6) is 5.75 Å². The molecule has 108 valence electrons. The standard InChI is InChI=1S/C15H19NO4/c1-16(11-4-6-12(17)7-5-11)13(18)10-15(14(19)20)8-2-3-9-15/h4-7,17H,2-3,8-10H2,1H3,(H,19,20). The number of phenolic OH excluding ortho intramolecular Hbond substituents is 1. The Morgan fingerprint density at radius 2 is 1.75 bits per heavy atom. The Hall–Kier alpha value is -2.04. The molecule has 0 aliphatic heterocycles. The summed E-state index contributed by atoms with van der Waals surface area (Å²) in [5.41, 5.74) is -0.256. The SMILES string of the molecule is CN(C(=O)CC1(C(=O)O)CCCC1)c1ccc(O)cc1. The van der Waals surface area contributed by atoms with E-state index in [0.717, 1.165) is 12.8 Å². The molecule has 2 rings (SSSR count). The second kappa shape index (κ2) is 5.53. The Kier molecular flexibility index (Phi) is 3.97. The normalized spacial score (nSPS) is 16.9. The van der Waals surface area contributed by atoms with E-state index in [4.69, 9.17) is 0 Å². The molecule has 2 N–H and O–H groups in total. The lowest BCUT2D eigenvalue weighted by atomic mass is 9.82. The lowest BCUT2D eigenvalue weighted by Gasteiger charge is -2.26. The number of aromatic hydroxyl groups is 1. The lowest BCUT2D eigenvalue weighted by molar-refractivity contribution is -0.151. The number of rotatable bonds is 4. The van der Waals surface area contributed by atoms with Crippen molar-refractivity contribution >= 4 is 17.6 Å². The molecule has 1 fully saturated rings. The largest absolute Gasteiger partial charge is 0.508 e. The fourth-order valence-corrected chi connectivity index (χ4v) is 2.75. The molecular weight excluding hydrogens is 258 g/mol. The first kappa shape index (κ1) is 14.4. The average molecular weight is 277 g/mol. The Balaban J connectivity index is 2.11. The van der Waals surface area contributed by atoms with Gasteiger partial charge in [-0.2, -0.15) is 0 Å². The highest BCUT2D eigenvalue weighted by molar-refractivity contribution is 5.96. The second-order valence-corrected chi connectivity index (χ2v) is 5.44. The number of amides is 1. The Morgan fingerprint density at radius 1 is 1.20 bits per heavy atom. The molecule has 0 atom stereocenters. The van der Waals surface area contributed by atoms with Crippen LogP contribution in [-0.4, -0.2) is 29.1 Å². The molecule has 5 heteroatoms. The number of nitrogens with zero attached hydrogens (tertiary/aromatic N) is 1. The summed E-state index contributed by atoms with van der Waals surface area (Å²) in [7, 11) is 1.62. The maximum Gasteiger partial charge on any atom is 0.310 e. The van der Waals surface area contributed by atoms with Crippen molar-refractivity contribution in [1.82, 2.24) is 0 Å². The van der Waals surface area contributed by atoms with Crippen molar-refractivity contribution in [3.63, 3.8) is 0 Å². The van der Waals surface area contributed by atoms with Crippen molar-refractivity contribution < 1.29 is 19.8 Å². The minimum atomic E-state index is -0.901. The summed E-state index contributed by atoms with van der Waals surface area (Å²) in [6.07, 6.45) is 2.89. The quantitative estimate of drug-likeness (QED) is 0.885. The van der Waals surface area contributed by atoms with Gasteiger partial charge in [0.1, 0.15) is 5.75 Å². The maximum atomic E-state index is 12.3. The van der Waals surface area contributed by atoms with Gasteiger partial charge in [-0.05, 0) is 37.1 Å². The molecule has 1 aromatic rings. The van der Waals surface area contributed by atoms with E-state index < -0.39 is 11.4 Å². The zero-order valence-electron chi connectivity index (χ0n) is 11.5. The number of phenols is 1. The zero-order chi connectivity index (χ0) is 14.8. The van der Waals surface area contributed by atoms with Gasteiger partial charge in [-0.25, -0.2) is 0 Å². The van der Waals surface area contributed by atoms with Crippen molar-refractivity contribution in [2.24, 2.45) is 5.41 Å². The molecule has 0 saturated heterocycles. The van der Waals surface area contributed by atoms with E-state index in [1.54, 1.807) is 19.2 Å². The van der Waals surface area contributed by atoms with Crippen molar-refractivity contribution in [2.45, 2.75) is 32.1 Å². The van der Waals surface area contributed by atoms with Gasteiger partial charge in [-0.3, -0.25) is 9.59 Å². The van der Waals surface area contributed by atoms with Crippen molar-refractivity contribution in [2.75, 3.05) is 11.9 Å². The highest BCUT2D eigenvalue weighted by Crippen LogP contribution is 2.42. The van der Waals surface area contributed by atoms with E-state index in [9.17, 15) is 19.8 Å². The third-order valence-corrected chi connectivity index (χ3v) is 4.12. The summed E-state index contributed by atoms with van der Waals surface area (Å²) in [6.45, 7) is 0. The molecule has 5 nitrogen and oxygen atoms in total. The Labute approximate surface area is 117 Å². The molecule has 0 unspecified atom stereocenters. The van der Waals surface area contributed by atoms with E-state index in [1.165, 1.54) is 17.0 Å². The smallest absolute Gasteiger partial charge is 0.310 e. The number of hydrogen-bond donors (Lipinski definition) is 2. The molecular formula is C15H19NO4. The summed E-state index contributed by atoms with van der Waals surface area (Å²) in [4.78, 5) is 25.2. The molecule has 1 aliphatic carbocycles. The molecule has 0 spiro atoms. The molecule has 1 amide bonds. The van der Waals surface area contributed by atoms with E-state index in [0.29, 0.717) is 18.5 Å². The van der Waals surface area contributed by atoms with Gasteiger partial charge in [0.25, 0.3) is 0 Å². The molecule has 1 aromatic carbocycles. The van der Waals surface area contributed by atoms with Crippen LogP contribution in [0.2, 0.25) is 0 Å². The van der Waals surface area contributed by atoms with Crippen LogP contribution in [0.15, 0.2) is 24.3 Å². The molecule has 0 aromatic heterocycles. The van der Waals surface area contributed by atoms with Gasteiger partial charge < -0.3 is 15.1 Å². The van der Waals surface area contributed by atoms with Gasteiger partial charge in [-0.1, -0.05) is 12.8 Å². The highest BCUT2D eigenvalue weighted by Gasteiger charge is 2.43. The van der Waals surface area contributed by atoms with Crippen LogP contribution in [0.3, 0.4) is 0 Å². The number of carbonyl (C=O) groups excluding carboxylic acids is 1.